The number of ether oxygens (including phenoxy) is 1. The molecule has 1 aliphatic heterocycles. The highest BCUT2D eigenvalue weighted by atomic mass is 19.1. The molecule has 2 aromatic rings. The lowest BCUT2D eigenvalue weighted by molar-refractivity contribution is -0.0563. The third-order valence-electron chi connectivity index (χ3n) is 5.42. The number of aryl methyl sites for hydroxylation is 2. The number of anilines is 1. The minimum Gasteiger partial charge on any atom is -0.389 e. The van der Waals surface area contributed by atoms with Gasteiger partial charge in [-0.3, -0.25) is 4.90 Å². The van der Waals surface area contributed by atoms with E-state index in [4.69, 9.17) is 9.72 Å². The molecule has 0 radical (unpaired) electrons. The summed E-state index contributed by atoms with van der Waals surface area (Å²) < 4.78 is 19.4. The highest BCUT2D eigenvalue weighted by molar-refractivity contribution is 5.51. The number of benzene rings is 1. The number of nitrogens with zero attached hydrogens (tertiary/aromatic N) is 4. The molecule has 0 amide bonds. The van der Waals surface area contributed by atoms with Crippen LogP contribution in [0.2, 0.25) is 0 Å². The fourth-order valence-corrected chi connectivity index (χ4v) is 3.88. The molecular weight excluding hydrogens is 395 g/mol. The van der Waals surface area contributed by atoms with Gasteiger partial charge in [0.2, 0.25) is 0 Å². The summed E-state index contributed by atoms with van der Waals surface area (Å²) in [5, 5.41) is 10.3. The van der Waals surface area contributed by atoms with E-state index >= 15 is 0 Å². The number of aliphatic hydroxyl groups is 1. The van der Waals surface area contributed by atoms with E-state index in [0.29, 0.717) is 19.6 Å². The topological polar surface area (TPSA) is 61.7 Å². The van der Waals surface area contributed by atoms with Crippen molar-refractivity contribution >= 4 is 5.82 Å². The predicted molar refractivity (Wildman–Crippen MR) is 121 cm³/mol. The molecule has 0 saturated carbocycles. The van der Waals surface area contributed by atoms with E-state index in [1.54, 1.807) is 12.1 Å². The summed E-state index contributed by atoms with van der Waals surface area (Å²) >= 11 is 0. The maximum atomic E-state index is 13.7. The summed E-state index contributed by atoms with van der Waals surface area (Å²) in [6, 6.07) is 6.71. The molecule has 31 heavy (non-hydrogen) atoms. The predicted octanol–water partition coefficient (Wildman–Crippen LogP) is 3.12. The number of piperazine rings is 1. The van der Waals surface area contributed by atoms with Crippen molar-refractivity contribution in [2.45, 2.75) is 52.7 Å². The molecule has 2 heterocycles. The Bertz CT molecular complexity index is 876. The van der Waals surface area contributed by atoms with E-state index in [9.17, 15) is 9.50 Å². The first-order valence-corrected chi connectivity index (χ1v) is 11.0. The van der Waals surface area contributed by atoms with E-state index in [0.717, 1.165) is 54.6 Å². The molecule has 170 valence electrons. The summed E-state index contributed by atoms with van der Waals surface area (Å²) in [7, 11) is 0. The van der Waals surface area contributed by atoms with Gasteiger partial charge < -0.3 is 14.7 Å². The highest BCUT2D eigenvalue weighted by Gasteiger charge is 2.24. The number of β-amino-alcohol motifs (C(OH)–C–C–N with tert-alkyl or cyclic N) is 1. The van der Waals surface area contributed by atoms with Gasteiger partial charge in [0.1, 0.15) is 17.5 Å². The third-order valence-corrected chi connectivity index (χ3v) is 5.42. The molecule has 1 aromatic heterocycles. The highest BCUT2D eigenvalue weighted by Crippen LogP contribution is 2.25. The van der Waals surface area contributed by atoms with Crippen LogP contribution in [0.4, 0.5) is 10.2 Å². The Morgan fingerprint density at radius 2 is 1.84 bits per heavy atom. The van der Waals surface area contributed by atoms with E-state index < -0.39 is 6.10 Å². The van der Waals surface area contributed by atoms with Crippen molar-refractivity contribution in [3.05, 3.63) is 52.7 Å². The van der Waals surface area contributed by atoms with Crippen molar-refractivity contribution in [2.24, 2.45) is 0 Å². The van der Waals surface area contributed by atoms with Gasteiger partial charge in [-0.05, 0) is 52.3 Å². The number of hydrogen-bond acceptors (Lipinski definition) is 6. The van der Waals surface area contributed by atoms with E-state index in [-0.39, 0.29) is 11.4 Å². The van der Waals surface area contributed by atoms with Crippen LogP contribution in [-0.4, -0.2) is 71.0 Å². The Balaban J connectivity index is 1.66. The fourth-order valence-electron chi connectivity index (χ4n) is 3.88. The zero-order chi connectivity index (χ0) is 22.6. The Morgan fingerprint density at radius 3 is 2.48 bits per heavy atom. The number of halogens is 1. The summed E-state index contributed by atoms with van der Waals surface area (Å²) in [4.78, 5) is 13.9. The Morgan fingerprint density at radius 1 is 1.13 bits per heavy atom. The second-order valence-electron chi connectivity index (χ2n) is 9.33. The molecule has 1 aliphatic rings. The van der Waals surface area contributed by atoms with Crippen LogP contribution in [0.5, 0.6) is 0 Å². The van der Waals surface area contributed by atoms with Crippen LogP contribution in [0.1, 0.15) is 43.4 Å². The Hall–Kier alpha value is -2.09. The monoisotopic (exact) mass is 430 g/mol. The molecule has 0 spiro atoms. The molecule has 0 bridgehead atoms. The maximum Gasteiger partial charge on any atom is 0.136 e. The van der Waals surface area contributed by atoms with Gasteiger partial charge >= 0.3 is 0 Å². The molecule has 1 fully saturated rings. The van der Waals surface area contributed by atoms with Crippen LogP contribution >= 0.6 is 0 Å². The normalized spacial score (nSPS) is 16.5. The second kappa shape index (κ2) is 10.0. The van der Waals surface area contributed by atoms with Gasteiger partial charge in [-0.25, -0.2) is 14.4 Å². The van der Waals surface area contributed by atoms with Gasteiger partial charge in [-0.15, -0.1) is 0 Å². The lowest BCUT2D eigenvalue weighted by atomic mass is 10.0. The van der Waals surface area contributed by atoms with Gasteiger partial charge in [0.15, 0.2) is 0 Å². The average molecular weight is 431 g/mol. The van der Waals surface area contributed by atoms with Gasteiger partial charge in [-0.1, -0.05) is 12.1 Å². The standard InChI is InChI=1S/C24H35FN4O2/c1-17-22(14-19-7-6-8-20(25)13-19)23(27-18(2)26-17)29-11-9-28(10-12-29)15-21(30)16-31-24(3,4)5/h6-8,13,21,30H,9-12,14-16H2,1-5H3/t21-/m0/s1. The Kier molecular flexibility index (Phi) is 7.62. The molecule has 0 aliphatic carbocycles. The van der Waals surface area contributed by atoms with Crippen molar-refractivity contribution in [2.75, 3.05) is 44.2 Å². The van der Waals surface area contributed by atoms with Crippen LogP contribution in [0.25, 0.3) is 0 Å². The van der Waals surface area contributed by atoms with E-state index in [1.807, 2.05) is 40.7 Å². The molecule has 1 atom stereocenters. The maximum absolute atomic E-state index is 13.7. The SMILES string of the molecule is Cc1nc(C)c(Cc2cccc(F)c2)c(N2CCN(C[C@H](O)COC(C)(C)C)CC2)n1. The zero-order valence-corrected chi connectivity index (χ0v) is 19.4. The summed E-state index contributed by atoms with van der Waals surface area (Å²) in [5.74, 6) is 1.45. The first-order valence-electron chi connectivity index (χ1n) is 11.0. The van der Waals surface area contributed by atoms with E-state index in [2.05, 4.69) is 14.8 Å². The van der Waals surface area contributed by atoms with Gasteiger partial charge in [0.05, 0.1) is 18.3 Å². The lowest BCUT2D eigenvalue weighted by Gasteiger charge is -2.37. The minimum atomic E-state index is -0.502. The quantitative estimate of drug-likeness (QED) is 0.728. The van der Waals surface area contributed by atoms with E-state index in [1.165, 1.54) is 6.07 Å². The van der Waals surface area contributed by atoms with Crippen molar-refractivity contribution in [3.8, 4) is 0 Å². The Labute approximate surface area is 185 Å². The van der Waals surface area contributed by atoms with Crippen LogP contribution in [0.3, 0.4) is 0 Å². The number of rotatable bonds is 7. The average Bonchev–Trinajstić information content (AvgIpc) is 2.68. The van der Waals surface area contributed by atoms with Crippen LogP contribution < -0.4 is 4.90 Å². The van der Waals surface area contributed by atoms with Gasteiger partial charge in [0, 0.05) is 50.4 Å². The zero-order valence-electron chi connectivity index (χ0n) is 19.4. The van der Waals surface area contributed by atoms with Crippen LogP contribution in [-0.2, 0) is 11.2 Å². The first kappa shape index (κ1) is 23.6. The van der Waals surface area contributed by atoms with Crippen molar-refractivity contribution in [1.29, 1.82) is 0 Å². The van der Waals surface area contributed by atoms with Gasteiger partial charge in [0.25, 0.3) is 0 Å². The fraction of sp³-hybridized carbons (Fsp3) is 0.583. The lowest BCUT2D eigenvalue weighted by Crippen LogP contribution is -2.50. The largest absolute Gasteiger partial charge is 0.389 e. The van der Waals surface area contributed by atoms with Crippen molar-refractivity contribution < 1.29 is 14.2 Å². The molecule has 6 nitrogen and oxygen atoms in total. The molecule has 3 rings (SSSR count). The summed E-state index contributed by atoms with van der Waals surface area (Å²) in [6.07, 6.45) is 0.0975. The van der Waals surface area contributed by atoms with Crippen molar-refractivity contribution in [3.63, 3.8) is 0 Å². The summed E-state index contributed by atoms with van der Waals surface area (Å²) in [5.41, 5.74) is 2.64. The van der Waals surface area contributed by atoms with Crippen LogP contribution in [0, 0.1) is 19.7 Å². The molecule has 1 N–H and O–H groups in total. The minimum absolute atomic E-state index is 0.229. The molecule has 1 saturated heterocycles. The molecule has 1 aromatic carbocycles. The summed E-state index contributed by atoms with van der Waals surface area (Å²) in [6.45, 7) is 14.1. The number of aliphatic hydroxyl groups excluding tert-OH is 1. The van der Waals surface area contributed by atoms with Crippen LogP contribution in [0.15, 0.2) is 24.3 Å². The molecule has 0 unspecified atom stereocenters. The molecular formula is C24H35FN4O2. The smallest absolute Gasteiger partial charge is 0.136 e. The number of hydrogen-bond donors (Lipinski definition) is 1. The second-order valence-corrected chi connectivity index (χ2v) is 9.33. The molecule has 7 heteroatoms. The number of aromatic nitrogens is 2. The van der Waals surface area contributed by atoms with Crippen molar-refractivity contribution in [1.82, 2.24) is 14.9 Å². The third kappa shape index (κ3) is 6.95. The first-order chi connectivity index (χ1) is 14.6. The van der Waals surface area contributed by atoms with Gasteiger partial charge in [-0.2, -0.15) is 0 Å².